The van der Waals surface area contributed by atoms with Crippen LogP contribution >= 0.6 is 0 Å². The Morgan fingerprint density at radius 3 is 2.53 bits per heavy atom. The molecule has 0 bridgehead atoms. The number of benzene rings is 1. The number of hydrogen-bond acceptors (Lipinski definition) is 2. The fourth-order valence-corrected chi connectivity index (χ4v) is 1.65. The van der Waals surface area contributed by atoms with Gasteiger partial charge < -0.3 is 9.84 Å². The van der Waals surface area contributed by atoms with Crippen LogP contribution in [0.3, 0.4) is 0 Å². The molecule has 0 heterocycles. The Balaban J connectivity index is 2.64. The third-order valence-electron chi connectivity index (χ3n) is 3.03. The van der Waals surface area contributed by atoms with E-state index in [2.05, 4.69) is 19.9 Å². The first kappa shape index (κ1) is 14.0. The van der Waals surface area contributed by atoms with Crippen molar-refractivity contribution in [3.63, 3.8) is 0 Å². The summed E-state index contributed by atoms with van der Waals surface area (Å²) in [5.74, 6) is 1.46. The van der Waals surface area contributed by atoms with E-state index in [0.29, 0.717) is 18.9 Å². The maximum Gasteiger partial charge on any atom is 0.122 e. The van der Waals surface area contributed by atoms with Crippen LogP contribution in [-0.2, 0) is 0 Å². The van der Waals surface area contributed by atoms with Gasteiger partial charge in [-0.3, -0.25) is 0 Å². The van der Waals surface area contributed by atoms with Gasteiger partial charge in [-0.1, -0.05) is 32.0 Å². The lowest BCUT2D eigenvalue weighted by molar-refractivity contribution is 0.0551. The molecule has 17 heavy (non-hydrogen) atoms. The fourth-order valence-electron chi connectivity index (χ4n) is 1.65. The summed E-state index contributed by atoms with van der Waals surface area (Å²) in [5, 5.41) is 9.64. The lowest BCUT2D eigenvalue weighted by Crippen LogP contribution is -2.22. The molecular formula is C15H24O2. The van der Waals surface area contributed by atoms with Crippen molar-refractivity contribution in [1.82, 2.24) is 0 Å². The van der Waals surface area contributed by atoms with E-state index in [1.54, 1.807) is 13.8 Å². The van der Waals surface area contributed by atoms with E-state index < -0.39 is 5.60 Å². The molecule has 1 N–H and O–H groups in total. The zero-order valence-electron chi connectivity index (χ0n) is 11.4. The topological polar surface area (TPSA) is 29.5 Å². The van der Waals surface area contributed by atoms with Crippen molar-refractivity contribution in [2.75, 3.05) is 6.61 Å². The second-order valence-corrected chi connectivity index (χ2v) is 5.26. The molecule has 1 atom stereocenters. The van der Waals surface area contributed by atoms with Gasteiger partial charge in [0, 0.05) is 6.42 Å². The molecule has 0 aliphatic heterocycles. The zero-order chi connectivity index (χ0) is 12.9. The SMILES string of the molecule is CCC(C)c1ccccc1OCCC(C)(C)O. The largest absolute Gasteiger partial charge is 0.493 e. The smallest absolute Gasteiger partial charge is 0.122 e. The van der Waals surface area contributed by atoms with Gasteiger partial charge in [0.1, 0.15) is 5.75 Å². The van der Waals surface area contributed by atoms with Crippen LogP contribution in [0.1, 0.15) is 52.0 Å². The van der Waals surface area contributed by atoms with Gasteiger partial charge >= 0.3 is 0 Å². The Bertz CT molecular complexity index is 339. The molecule has 0 aliphatic rings. The number of rotatable bonds is 6. The second kappa shape index (κ2) is 6.06. The Morgan fingerprint density at radius 1 is 1.29 bits per heavy atom. The molecule has 2 nitrogen and oxygen atoms in total. The van der Waals surface area contributed by atoms with E-state index in [9.17, 15) is 5.11 Å². The quantitative estimate of drug-likeness (QED) is 0.815. The first-order chi connectivity index (χ1) is 7.94. The highest BCUT2D eigenvalue weighted by molar-refractivity contribution is 5.35. The predicted molar refractivity (Wildman–Crippen MR) is 71.6 cm³/mol. The monoisotopic (exact) mass is 236 g/mol. The molecule has 1 aromatic carbocycles. The summed E-state index contributed by atoms with van der Waals surface area (Å²) in [7, 11) is 0. The van der Waals surface area contributed by atoms with Crippen molar-refractivity contribution < 1.29 is 9.84 Å². The highest BCUT2D eigenvalue weighted by Crippen LogP contribution is 2.28. The zero-order valence-corrected chi connectivity index (χ0v) is 11.4. The molecule has 0 aromatic heterocycles. The Labute approximate surface area is 105 Å². The molecule has 0 radical (unpaired) electrons. The van der Waals surface area contributed by atoms with Gasteiger partial charge in [0.2, 0.25) is 0 Å². The third kappa shape index (κ3) is 4.78. The average Bonchev–Trinajstić information content (AvgIpc) is 2.27. The van der Waals surface area contributed by atoms with Gasteiger partial charge in [0.15, 0.2) is 0 Å². The van der Waals surface area contributed by atoms with Gasteiger partial charge in [-0.05, 0) is 37.8 Å². The highest BCUT2D eigenvalue weighted by Gasteiger charge is 2.14. The van der Waals surface area contributed by atoms with Gasteiger partial charge in [-0.25, -0.2) is 0 Å². The Kier molecular flexibility index (Phi) is 5.01. The summed E-state index contributed by atoms with van der Waals surface area (Å²) < 4.78 is 5.78. The van der Waals surface area contributed by atoms with Crippen molar-refractivity contribution in [2.45, 2.75) is 52.1 Å². The van der Waals surface area contributed by atoms with E-state index in [4.69, 9.17) is 4.74 Å². The predicted octanol–water partition coefficient (Wildman–Crippen LogP) is 3.74. The summed E-state index contributed by atoms with van der Waals surface area (Å²) in [6, 6.07) is 8.16. The van der Waals surface area contributed by atoms with Gasteiger partial charge in [-0.2, -0.15) is 0 Å². The molecule has 0 saturated carbocycles. The van der Waals surface area contributed by atoms with Crippen molar-refractivity contribution in [1.29, 1.82) is 0 Å². The molecule has 0 saturated heterocycles. The average molecular weight is 236 g/mol. The molecule has 0 aliphatic carbocycles. The standard InChI is InChI=1S/C15H24O2/c1-5-12(2)13-8-6-7-9-14(13)17-11-10-15(3,4)16/h6-9,12,16H,5,10-11H2,1-4H3. The van der Waals surface area contributed by atoms with Gasteiger partial charge in [-0.15, -0.1) is 0 Å². The summed E-state index contributed by atoms with van der Waals surface area (Å²) in [4.78, 5) is 0. The molecule has 1 unspecified atom stereocenters. The lowest BCUT2D eigenvalue weighted by Gasteiger charge is -2.19. The van der Waals surface area contributed by atoms with Gasteiger partial charge in [0.25, 0.3) is 0 Å². The van der Waals surface area contributed by atoms with Crippen molar-refractivity contribution in [3.8, 4) is 5.75 Å². The van der Waals surface area contributed by atoms with Crippen molar-refractivity contribution >= 4 is 0 Å². The molecule has 2 heteroatoms. The summed E-state index contributed by atoms with van der Waals surface area (Å²) in [5.41, 5.74) is 0.594. The van der Waals surface area contributed by atoms with Crippen molar-refractivity contribution in [2.24, 2.45) is 0 Å². The van der Waals surface area contributed by atoms with E-state index >= 15 is 0 Å². The second-order valence-electron chi connectivity index (χ2n) is 5.26. The van der Waals surface area contributed by atoms with Gasteiger partial charge in [0.05, 0.1) is 12.2 Å². The number of ether oxygens (including phenoxy) is 1. The minimum absolute atomic E-state index is 0.508. The molecule has 0 spiro atoms. The van der Waals surface area contributed by atoms with Crippen LogP contribution in [0.2, 0.25) is 0 Å². The van der Waals surface area contributed by atoms with Crippen LogP contribution in [0.4, 0.5) is 0 Å². The van der Waals surface area contributed by atoms with E-state index in [1.807, 2.05) is 18.2 Å². The number of aliphatic hydroxyl groups is 1. The van der Waals surface area contributed by atoms with E-state index in [0.717, 1.165) is 12.2 Å². The van der Waals surface area contributed by atoms with Crippen LogP contribution in [-0.4, -0.2) is 17.3 Å². The van der Waals surface area contributed by atoms with Crippen LogP contribution < -0.4 is 4.74 Å². The minimum Gasteiger partial charge on any atom is -0.493 e. The maximum atomic E-state index is 9.64. The van der Waals surface area contributed by atoms with Crippen LogP contribution in [0, 0.1) is 0 Å². The lowest BCUT2D eigenvalue weighted by atomic mass is 9.98. The van der Waals surface area contributed by atoms with E-state index in [1.165, 1.54) is 5.56 Å². The third-order valence-corrected chi connectivity index (χ3v) is 3.03. The first-order valence-electron chi connectivity index (χ1n) is 6.38. The molecule has 0 fully saturated rings. The highest BCUT2D eigenvalue weighted by atomic mass is 16.5. The maximum absolute atomic E-state index is 9.64. The molecule has 1 aromatic rings. The summed E-state index contributed by atoms with van der Waals surface area (Å²) in [6.45, 7) is 8.54. The summed E-state index contributed by atoms with van der Waals surface area (Å²) in [6.07, 6.45) is 1.74. The van der Waals surface area contributed by atoms with E-state index in [-0.39, 0.29) is 0 Å². The minimum atomic E-state index is -0.661. The Morgan fingerprint density at radius 2 is 1.94 bits per heavy atom. The van der Waals surface area contributed by atoms with Crippen LogP contribution in [0.5, 0.6) is 5.75 Å². The number of para-hydroxylation sites is 1. The molecule has 96 valence electrons. The normalized spacial score (nSPS) is 13.5. The molecular weight excluding hydrogens is 212 g/mol. The molecule has 0 amide bonds. The molecule has 1 rings (SSSR count). The van der Waals surface area contributed by atoms with Crippen molar-refractivity contribution in [3.05, 3.63) is 29.8 Å². The summed E-state index contributed by atoms with van der Waals surface area (Å²) >= 11 is 0. The van der Waals surface area contributed by atoms with Crippen LogP contribution in [0.25, 0.3) is 0 Å². The fraction of sp³-hybridized carbons (Fsp3) is 0.600. The first-order valence-corrected chi connectivity index (χ1v) is 6.38. The van der Waals surface area contributed by atoms with Crippen LogP contribution in [0.15, 0.2) is 24.3 Å². The Hall–Kier alpha value is -1.02. The number of hydrogen-bond donors (Lipinski definition) is 1.